The van der Waals surface area contributed by atoms with E-state index in [0.717, 1.165) is 15.7 Å². The minimum Gasteiger partial charge on any atom is -0.399 e. The summed E-state index contributed by atoms with van der Waals surface area (Å²) in [5.41, 5.74) is 7.61. The van der Waals surface area contributed by atoms with Crippen molar-refractivity contribution in [2.45, 2.75) is 20.8 Å². The van der Waals surface area contributed by atoms with Crippen molar-refractivity contribution in [3.8, 4) is 11.2 Å². The van der Waals surface area contributed by atoms with Gasteiger partial charge in [0.25, 0.3) is 0 Å². The Morgan fingerprint density at radius 2 is 1.67 bits per heavy atom. The number of thiol groups is 1. The fourth-order valence-electron chi connectivity index (χ4n) is 1.83. The Balaban J connectivity index is 3.21. The Hall–Kier alpha value is -0.590. The molecule has 1 aromatic carbocycles. The molecular formula is C15H24BrNS. The average Bonchev–Trinajstić information content (AvgIpc) is 2.36. The van der Waals surface area contributed by atoms with E-state index in [1.54, 1.807) is 0 Å². The summed E-state index contributed by atoms with van der Waals surface area (Å²) in [7, 11) is -1.83. The summed E-state index contributed by atoms with van der Waals surface area (Å²) in [6.45, 7) is 6.82. The molecule has 0 amide bonds. The van der Waals surface area contributed by atoms with Crippen molar-refractivity contribution < 1.29 is 0 Å². The molecule has 0 aromatic heterocycles. The molecule has 0 radical (unpaired) electrons. The molecule has 0 aliphatic rings. The SMILES string of the molecule is CC[SH](C)(C#Cc1cc(N)cc(Br)c1)(CC)CC. The van der Waals surface area contributed by atoms with Crippen molar-refractivity contribution in [2.75, 3.05) is 29.2 Å². The van der Waals surface area contributed by atoms with Crippen LogP contribution in [0, 0.1) is 11.2 Å². The fourth-order valence-corrected chi connectivity index (χ4v) is 4.64. The number of hydrogen-bond acceptors (Lipinski definition) is 1. The van der Waals surface area contributed by atoms with Gasteiger partial charge in [-0.1, -0.05) is 47.9 Å². The van der Waals surface area contributed by atoms with Crippen LogP contribution in [0.1, 0.15) is 26.3 Å². The number of nitrogens with two attached hydrogens (primary N) is 1. The quantitative estimate of drug-likeness (QED) is 0.487. The van der Waals surface area contributed by atoms with E-state index in [0.29, 0.717) is 0 Å². The molecule has 0 bridgehead atoms. The predicted molar refractivity (Wildman–Crippen MR) is 92.0 cm³/mol. The van der Waals surface area contributed by atoms with Gasteiger partial charge >= 0.3 is 0 Å². The molecule has 0 heterocycles. The molecule has 0 fully saturated rings. The predicted octanol–water partition coefficient (Wildman–Crippen LogP) is 4.10. The van der Waals surface area contributed by atoms with Gasteiger partial charge in [-0.15, -0.1) is 0 Å². The Bertz CT molecular complexity index is 464. The lowest BCUT2D eigenvalue weighted by Gasteiger charge is -2.52. The summed E-state index contributed by atoms with van der Waals surface area (Å²) in [5.74, 6) is 6.93. The van der Waals surface area contributed by atoms with Crippen LogP contribution in [0.15, 0.2) is 22.7 Å². The molecule has 1 rings (SSSR count). The Morgan fingerprint density at radius 3 is 2.11 bits per heavy atom. The van der Waals surface area contributed by atoms with Crippen LogP contribution in [0.3, 0.4) is 0 Å². The fraction of sp³-hybridized carbons (Fsp3) is 0.467. The van der Waals surface area contributed by atoms with Gasteiger partial charge in [0.15, 0.2) is 0 Å². The molecule has 0 saturated heterocycles. The van der Waals surface area contributed by atoms with Crippen LogP contribution in [0.4, 0.5) is 5.69 Å². The molecule has 1 nitrogen and oxygen atoms in total. The highest BCUT2D eigenvalue weighted by Gasteiger charge is 2.28. The number of hydrogen-bond donors (Lipinski definition) is 2. The minimum atomic E-state index is -1.83. The first-order valence-corrected chi connectivity index (χ1v) is 10.5. The van der Waals surface area contributed by atoms with Gasteiger partial charge in [-0.25, -0.2) is 9.16 Å². The van der Waals surface area contributed by atoms with Crippen LogP contribution < -0.4 is 5.73 Å². The van der Waals surface area contributed by atoms with Gasteiger partial charge in [0, 0.05) is 15.7 Å². The summed E-state index contributed by atoms with van der Waals surface area (Å²) >= 11 is 3.46. The third kappa shape index (κ3) is 3.46. The maximum absolute atomic E-state index is 5.84. The van der Waals surface area contributed by atoms with Gasteiger partial charge in [-0.05, 0) is 41.7 Å². The van der Waals surface area contributed by atoms with Crippen molar-refractivity contribution in [1.82, 2.24) is 0 Å². The first-order chi connectivity index (χ1) is 8.35. The highest BCUT2D eigenvalue weighted by atomic mass is 79.9. The van der Waals surface area contributed by atoms with Crippen LogP contribution in [0.25, 0.3) is 0 Å². The molecular weight excluding hydrogens is 306 g/mol. The van der Waals surface area contributed by atoms with E-state index < -0.39 is 9.16 Å². The lowest BCUT2D eigenvalue weighted by molar-refractivity contribution is 1.32. The lowest BCUT2D eigenvalue weighted by atomic mass is 10.2. The zero-order chi connectivity index (χ0) is 13.8. The molecule has 0 unspecified atom stereocenters. The normalized spacial score (nSPS) is 13.3. The summed E-state index contributed by atoms with van der Waals surface area (Å²) in [4.78, 5) is 0. The van der Waals surface area contributed by atoms with Gasteiger partial charge in [0.2, 0.25) is 0 Å². The van der Waals surface area contributed by atoms with E-state index >= 15 is 0 Å². The van der Waals surface area contributed by atoms with Crippen molar-refractivity contribution in [3.05, 3.63) is 28.2 Å². The monoisotopic (exact) mass is 329 g/mol. The Morgan fingerprint density at radius 1 is 1.11 bits per heavy atom. The maximum atomic E-state index is 5.84. The summed E-state index contributed by atoms with van der Waals surface area (Å²) < 4.78 is 0.993. The van der Waals surface area contributed by atoms with Crippen molar-refractivity contribution in [1.29, 1.82) is 0 Å². The molecule has 1 aromatic rings. The number of nitrogen functional groups attached to an aromatic ring is 1. The number of halogens is 1. The highest BCUT2D eigenvalue weighted by molar-refractivity contribution is 9.10. The molecule has 18 heavy (non-hydrogen) atoms. The summed E-state index contributed by atoms with van der Waals surface area (Å²) in [6.07, 6.45) is 2.40. The first kappa shape index (κ1) is 15.5. The molecule has 2 N–H and O–H groups in total. The summed E-state index contributed by atoms with van der Waals surface area (Å²) in [5, 5.41) is 3.63. The van der Waals surface area contributed by atoms with Crippen LogP contribution in [0.5, 0.6) is 0 Å². The van der Waals surface area contributed by atoms with Crippen LogP contribution in [0.2, 0.25) is 0 Å². The summed E-state index contributed by atoms with van der Waals surface area (Å²) in [6, 6.07) is 5.88. The zero-order valence-corrected chi connectivity index (χ0v) is 14.2. The van der Waals surface area contributed by atoms with Gasteiger partial charge in [0.1, 0.15) is 0 Å². The second-order valence-corrected chi connectivity index (χ2v) is 12.9. The van der Waals surface area contributed by atoms with Crippen molar-refractivity contribution >= 4 is 30.8 Å². The molecule has 0 atom stereocenters. The van der Waals surface area contributed by atoms with Gasteiger partial charge < -0.3 is 5.73 Å². The van der Waals surface area contributed by atoms with E-state index in [9.17, 15) is 0 Å². The molecule has 0 spiro atoms. The van der Waals surface area contributed by atoms with Gasteiger partial charge in [-0.2, -0.15) is 0 Å². The van der Waals surface area contributed by atoms with E-state index in [-0.39, 0.29) is 0 Å². The molecule has 0 aliphatic heterocycles. The van der Waals surface area contributed by atoms with E-state index in [1.807, 2.05) is 18.2 Å². The molecule has 0 aliphatic carbocycles. The topological polar surface area (TPSA) is 26.0 Å². The third-order valence-electron chi connectivity index (χ3n) is 4.23. The Labute approximate surface area is 120 Å². The second-order valence-electron chi connectivity index (χ2n) is 5.28. The van der Waals surface area contributed by atoms with Crippen LogP contribution >= 0.6 is 25.1 Å². The van der Waals surface area contributed by atoms with Crippen LogP contribution in [-0.4, -0.2) is 23.5 Å². The standard InChI is InChI=1S/C15H24BrNS/c1-5-18(4,6-2,7-3)9-8-13-10-14(16)12-15(17)11-13/h10-12,18H,5-7,17H2,1-4H3. The molecule has 102 valence electrons. The van der Waals surface area contributed by atoms with E-state index in [1.165, 1.54) is 17.3 Å². The maximum Gasteiger partial charge on any atom is 0.0337 e. The number of rotatable bonds is 3. The third-order valence-corrected chi connectivity index (χ3v) is 11.0. The zero-order valence-electron chi connectivity index (χ0n) is 11.8. The smallest absolute Gasteiger partial charge is 0.0337 e. The van der Waals surface area contributed by atoms with E-state index in [2.05, 4.69) is 54.1 Å². The van der Waals surface area contributed by atoms with Crippen molar-refractivity contribution in [3.63, 3.8) is 0 Å². The largest absolute Gasteiger partial charge is 0.399 e. The van der Waals surface area contributed by atoms with Gasteiger partial charge in [0.05, 0.1) is 0 Å². The minimum absolute atomic E-state index is 0.759. The first-order valence-electron chi connectivity index (χ1n) is 6.45. The van der Waals surface area contributed by atoms with Crippen molar-refractivity contribution in [2.24, 2.45) is 0 Å². The highest BCUT2D eigenvalue weighted by Crippen LogP contribution is 2.64. The Kier molecular flexibility index (Phi) is 4.80. The number of anilines is 1. The van der Waals surface area contributed by atoms with E-state index in [4.69, 9.17) is 5.73 Å². The number of benzene rings is 1. The van der Waals surface area contributed by atoms with Crippen LogP contribution in [-0.2, 0) is 0 Å². The van der Waals surface area contributed by atoms with Gasteiger partial charge in [-0.3, -0.25) is 0 Å². The second kappa shape index (κ2) is 5.59. The molecule has 0 saturated carbocycles. The lowest BCUT2D eigenvalue weighted by Crippen LogP contribution is -2.22. The molecule has 3 heteroatoms. The average molecular weight is 330 g/mol.